The van der Waals surface area contributed by atoms with Gasteiger partial charge in [-0.05, 0) is 12.8 Å². The van der Waals surface area contributed by atoms with Crippen molar-refractivity contribution in [3.05, 3.63) is 0 Å². The van der Waals surface area contributed by atoms with Crippen molar-refractivity contribution in [2.75, 3.05) is 5.75 Å². The Kier molecular flexibility index (Phi) is 1.64. The monoisotopic (exact) mass is 129 g/mol. The Bertz CT molecular complexity index is 149. The van der Waals surface area contributed by atoms with Gasteiger partial charge >= 0.3 is 0 Å². The van der Waals surface area contributed by atoms with E-state index in [4.69, 9.17) is 5.26 Å². The second-order valence-corrected chi connectivity index (χ2v) is 3.58. The Hall–Kier alpha value is -0.360. The van der Waals surface area contributed by atoms with Gasteiger partial charge in [0, 0.05) is 16.6 Å². The molecular formula is C5H7NOS. The molecule has 1 saturated heterocycles. The highest BCUT2D eigenvalue weighted by atomic mass is 32.2. The molecule has 0 bridgehead atoms. The number of hydrogen-bond donors (Lipinski definition) is 0. The molecule has 1 aliphatic rings. The molecule has 2 atom stereocenters. The molecule has 0 aromatic rings. The highest BCUT2D eigenvalue weighted by Gasteiger charge is 2.21. The van der Waals surface area contributed by atoms with Crippen LogP contribution >= 0.6 is 0 Å². The van der Waals surface area contributed by atoms with Gasteiger partial charge in [0.05, 0.1) is 6.07 Å². The quantitative estimate of drug-likeness (QED) is 0.475. The van der Waals surface area contributed by atoms with Crippen molar-refractivity contribution in [1.82, 2.24) is 0 Å². The minimum absolute atomic E-state index is 0.157. The summed E-state index contributed by atoms with van der Waals surface area (Å²) in [5.74, 6) is 0.734. The molecule has 2 nitrogen and oxygen atoms in total. The van der Waals surface area contributed by atoms with E-state index in [1.54, 1.807) is 0 Å². The molecule has 0 N–H and O–H groups in total. The molecule has 1 aliphatic heterocycles. The average Bonchev–Trinajstić information content (AvgIpc) is 2.14. The first-order valence-corrected chi connectivity index (χ1v) is 3.99. The van der Waals surface area contributed by atoms with Crippen molar-refractivity contribution in [2.24, 2.45) is 0 Å². The molecule has 0 aliphatic carbocycles. The topological polar surface area (TPSA) is 40.9 Å². The van der Waals surface area contributed by atoms with E-state index in [2.05, 4.69) is 0 Å². The van der Waals surface area contributed by atoms with E-state index in [1.165, 1.54) is 0 Å². The molecule has 0 spiro atoms. The van der Waals surface area contributed by atoms with Crippen molar-refractivity contribution < 1.29 is 4.21 Å². The first kappa shape index (κ1) is 5.77. The van der Waals surface area contributed by atoms with Crippen molar-refractivity contribution in [2.45, 2.75) is 18.1 Å². The number of nitriles is 1. The standard InChI is InChI=1S/C5H7NOS/c6-4-5-2-1-3-8(5)7/h5H,1-3H2. The normalized spacial score (nSPS) is 36.9. The summed E-state index contributed by atoms with van der Waals surface area (Å²) in [4.78, 5) is 0. The lowest BCUT2D eigenvalue weighted by atomic mass is 10.3. The molecule has 3 heteroatoms. The van der Waals surface area contributed by atoms with Gasteiger partial charge in [-0.15, -0.1) is 0 Å². The maximum absolute atomic E-state index is 10.7. The summed E-state index contributed by atoms with van der Waals surface area (Å²) in [6.07, 6.45) is 1.80. The highest BCUT2D eigenvalue weighted by Crippen LogP contribution is 2.14. The lowest BCUT2D eigenvalue weighted by Gasteiger charge is -1.89. The number of hydrogen-bond acceptors (Lipinski definition) is 2. The van der Waals surface area contributed by atoms with Gasteiger partial charge in [0.2, 0.25) is 0 Å². The zero-order valence-electron chi connectivity index (χ0n) is 4.46. The molecule has 8 heavy (non-hydrogen) atoms. The van der Waals surface area contributed by atoms with Crippen LogP contribution in [-0.2, 0) is 10.8 Å². The van der Waals surface area contributed by atoms with Gasteiger partial charge in [-0.1, -0.05) is 0 Å². The maximum Gasteiger partial charge on any atom is 0.121 e. The van der Waals surface area contributed by atoms with E-state index in [1.807, 2.05) is 6.07 Å². The van der Waals surface area contributed by atoms with Crippen molar-refractivity contribution in [3.8, 4) is 6.07 Å². The zero-order chi connectivity index (χ0) is 5.98. The summed E-state index contributed by atoms with van der Waals surface area (Å²) in [6.45, 7) is 0. The maximum atomic E-state index is 10.7. The molecule has 1 heterocycles. The van der Waals surface area contributed by atoms with Gasteiger partial charge in [0.1, 0.15) is 5.25 Å². The van der Waals surface area contributed by atoms with Crippen molar-refractivity contribution in [1.29, 1.82) is 5.26 Å². The lowest BCUT2D eigenvalue weighted by molar-refractivity contribution is 0.684. The lowest BCUT2D eigenvalue weighted by Crippen LogP contribution is -2.03. The van der Waals surface area contributed by atoms with E-state index in [-0.39, 0.29) is 5.25 Å². The Labute approximate surface area is 51.0 Å². The molecule has 2 unspecified atom stereocenters. The predicted molar refractivity (Wildman–Crippen MR) is 31.6 cm³/mol. The summed E-state index contributed by atoms with van der Waals surface area (Å²) in [5.41, 5.74) is 0. The van der Waals surface area contributed by atoms with Gasteiger partial charge in [0.15, 0.2) is 0 Å². The van der Waals surface area contributed by atoms with Crippen LogP contribution in [0.1, 0.15) is 12.8 Å². The van der Waals surface area contributed by atoms with Crippen LogP contribution in [0.4, 0.5) is 0 Å². The van der Waals surface area contributed by atoms with E-state index in [9.17, 15) is 4.21 Å². The zero-order valence-corrected chi connectivity index (χ0v) is 5.28. The molecular weight excluding hydrogens is 122 g/mol. The molecule has 1 fully saturated rings. The SMILES string of the molecule is N#CC1CCCS1=O. The summed E-state index contributed by atoms with van der Waals surface area (Å²) in [6, 6.07) is 2.01. The van der Waals surface area contributed by atoms with Gasteiger partial charge in [-0.3, -0.25) is 4.21 Å². The molecule has 0 saturated carbocycles. The van der Waals surface area contributed by atoms with E-state index >= 15 is 0 Å². The minimum atomic E-state index is -0.822. The van der Waals surface area contributed by atoms with E-state index in [0.717, 1.165) is 18.6 Å². The van der Waals surface area contributed by atoms with Gasteiger partial charge in [0.25, 0.3) is 0 Å². The first-order chi connectivity index (χ1) is 3.84. The third kappa shape index (κ3) is 0.896. The average molecular weight is 129 g/mol. The fourth-order valence-electron chi connectivity index (χ4n) is 0.808. The third-order valence-corrected chi connectivity index (χ3v) is 2.94. The number of rotatable bonds is 0. The summed E-state index contributed by atoms with van der Waals surface area (Å²) in [7, 11) is -0.822. The van der Waals surface area contributed by atoms with Crippen LogP contribution in [0, 0.1) is 11.3 Å². The Morgan fingerprint density at radius 1 is 1.75 bits per heavy atom. The third-order valence-electron chi connectivity index (χ3n) is 1.27. The molecule has 0 aromatic heterocycles. The fraction of sp³-hybridized carbons (Fsp3) is 0.800. The number of nitrogens with zero attached hydrogens (tertiary/aromatic N) is 1. The largest absolute Gasteiger partial charge is 0.258 e. The summed E-state index contributed by atoms with van der Waals surface area (Å²) < 4.78 is 10.7. The van der Waals surface area contributed by atoms with Gasteiger partial charge in [-0.25, -0.2) is 0 Å². The van der Waals surface area contributed by atoms with Crippen LogP contribution < -0.4 is 0 Å². The molecule has 0 aromatic carbocycles. The van der Waals surface area contributed by atoms with Crippen LogP contribution in [0.5, 0.6) is 0 Å². The fourth-order valence-corrected chi connectivity index (χ4v) is 2.09. The Morgan fingerprint density at radius 2 is 2.50 bits per heavy atom. The smallest absolute Gasteiger partial charge is 0.121 e. The minimum Gasteiger partial charge on any atom is -0.258 e. The van der Waals surface area contributed by atoms with Crippen LogP contribution in [0.3, 0.4) is 0 Å². The first-order valence-electron chi connectivity index (χ1n) is 2.61. The van der Waals surface area contributed by atoms with Crippen LogP contribution in [0.15, 0.2) is 0 Å². The summed E-state index contributed by atoms with van der Waals surface area (Å²) >= 11 is 0. The van der Waals surface area contributed by atoms with Crippen LogP contribution in [0.2, 0.25) is 0 Å². The Morgan fingerprint density at radius 3 is 2.75 bits per heavy atom. The molecule has 44 valence electrons. The highest BCUT2D eigenvalue weighted by molar-refractivity contribution is 7.86. The molecule has 1 rings (SSSR count). The second-order valence-electron chi connectivity index (χ2n) is 1.84. The van der Waals surface area contributed by atoms with Crippen molar-refractivity contribution >= 4 is 10.8 Å². The van der Waals surface area contributed by atoms with Crippen LogP contribution in [-0.4, -0.2) is 15.2 Å². The Balaban J connectivity index is 2.58. The summed E-state index contributed by atoms with van der Waals surface area (Å²) in [5, 5.41) is 8.14. The van der Waals surface area contributed by atoms with Gasteiger partial charge < -0.3 is 0 Å². The van der Waals surface area contributed by atoms with E-state index < -0.39 is 10.8 Å². The van der Waals surface area contributed by atoms with Crippen LogP contribution in [0.25, 0.3) is 0 Å². The molecule has 0 amide bonds. The van der Waals surface area contributed by atoms with Gasteiger partial charge in [-0.2, -0.15) is 5.26 Å². The predicted octanol–water partition coefficient (Wildman–Crippen LogP) is 0.421. The van der Waals surface area contributed by atoms with Crippen molar-refractivity contribution in [3.63, 3.8) is 0 Å². The second kappa shape index (κ2) is 2.27. The van der Waals surface area contributed by atoms with E-state index in [0.29, 0.717) is 0 Å². The molecule has 0 radical (unpaired) electrons.